The SMILES string of the molecule is O=C1c2oc3ccc(F)cc3c(=O)c2C(c2ccc(Br)cc2)N1Cc1ccc(F)cc1. The summed E-state index contributed by atoms with van der Waals surface area (Å²) in [5.41, 5.74) is 1.29. The molecule has 154 valence electrons. The van der Waals surface area contributed by atoms with E-state index < -0.39 is 23.2 Å². The van der Waals surface area contributed by atoms with E-state index in [0.29, 0.717) is 11.1 Å². The van der Waals surface area contributed by atoms with Crippen molar-refractivity contribution in [1.29, 1.82) is 0 Å². The van der Waals surface area contributed by atoms with Crippen LogP contribution in [-0.2, 0) is 6.54 Å². The van der Waals surface area contributed by atoms with Crippen molar-refractivity contribution in [2.24, 2.45) is 0 Å². The van der Waals surface area contributed by atoms with Gasteiger partial charge in [0.1, 0.15) is 17.2 Å². The van der Waals surface area contributed by atoms with Gasteiger partial charge in [-0.1, -0.05) is 40.2 Å². The number of halogens is 3. The largest absolute Gasteiger partial charge is 0.450 e. The van der Waals surface area contributed by atoms with Crippen LogP contribution in [0.2, 0.25) is 0 Å². The summed E-state index contributed by atoms with van der Waals surface area (Å²) in [5.74, 6) is -1.45. The van der Waals surface area contributed by atoms with Crippen molar-refractivity contribution in [2.45, 2.75) is 12.6 Å². The van der Waals surface area contributed by atoms with Crippen LogP contribution in [-0.4, -0.2) is 10.8 Å². The van der Waals surface area contributed by atoms with Gasteiger partial charge < -0.3 is 9.32 Å². The van der Waals surface area contributed by atoms with Gasteiger partial charge in [0.05, 0.1) is 17.0 Å². The highest BCUT2D eigenvalue weighted by Crippen LogP contribution is 2.39. The van der Waals surface area contributed by atoms with Gasteiger partial charge in [0, 0.05) is 11.0 Å². The molecule has 0 N–H and O–H groups in total. The zero-order chi connectivity index (χ0) is 21.7. The number of fused-ring (bicyclic) bond motifs is 2. The van der Waals surface area contributed by atoms with Crippen LogP contribution < -0.4 is 5.43 Å². The summed E-state index contributed by atoms with van der Waals surface area (Å²) >= 11 is 3.39. The smallest absolute Gasteiger partial charge is 0.291 e. The maximum atomic E-state index is 13.8. The van der Waals surface area contributed by atoms with Crippen molar-refractivity contribution in [3.8, 4) is 0 Å². The topological polar surface area (TPSA) is 50.5 Å². The van der Waals surface area contributed by atoms with E-state index in [1.807, 2.05) is 24.3 Å². The molecule has 0 saturated heterocycles. The van der Waals surface area contributed by atoms with Crippen molar-refractivity contribution in [2.75, 3.05) is 0 Å². The van der Waals surface area contributed by atoms with Crippen molar-refractivity contribution >= 4 is 32.8 Å². The third-order valence-electron chi connectivity index (χ3n) is 5.38. The molecule has 3 aromatic carbocycles. The van der Waals surface area contributed by atoms with Crippen molar-refractivity contribution < 1.29 is 18.0 Å². The zero-order valence-corrected chi connectivity index (χ0v) is 17.5. The summed E-state index contributed by atoms with van der Waals surface area (Å²) in [7, 11) is 0. The molecule has 0 fully saturated rings. The summed E-state index contributed by atoms with van der Waals surface area (Å²) in [6.07, 6.45) is 0. The number of nitrogens with zero attached hydrogens (tertiary/aromatic N) is 1. The third kappa shape index (κ3) is 3.35. The van der Waals surface area contributed by atoms with Crippen LogP contribution in [0.25, 0.3) is 11.0 Å². The lowest BCUT2D eigenvalue weighted by Crippen LogP contribution is -2.29. The molecule has 0 saturated carbocycles. The minimum Gasteiger partial charge on any atom is -0.450 e. The Morgan fingerprint density at radius 1 is 0.903 bits per heavy atom. The van der Waals surface area contributed by atoms with Crippen LogP contribution >= 0.6 is 15.9 Å². The normalized spacial score (nSPS) is 15.5. The van der Waals surface area contributed by atoms with Crippen LogP contribution in [0, 0.1) is 11.6 Å². The van der Waals surface area contributed by atoms with E-state index in [4.69, 9.17) is 4.42 Å². The molecule has 0 bridgehead atoms. The number of carbonyl (C=O) groups is 1. The second kappa shape index (κ2) is 7.42. The average molecular weight is 482 g/mol. The molecule has 1 aromatic heterocycles. The number of rotatable bonds is 3. The molecule has 1 atom stereocenters. The standard InChI is InChI=1S/C24H14BrF2NO3/c25-15-5-3-14(4-6-15)21-20-22(29)18-11-17(27)9-10-19(18)31-23(20)24(30)28(21)12-13-1-7-16(26)8-2-13/h1-11,21H,12H2. The summed E-state index contributed by atoms with van der Waals surface area (Å²) in [6.45, 7) is 0.147. The first-order valence-electron chi connectivity index (χ1n) is 9.49. The molecule has 7 heteroatoms. The second-order valence-corrected chi connectivity index (χ2v) is 8.24. The molecule has 4 nitrogen and oxygen atoms in total. The van der Waals surface area contributed by atoms with Crippen molar-refractivity contribution in [3.05, 3.63) is 116 Å². The first-order chi connectivity index (χ1) is 14.9. The molecule has 5 rings (SSSR count). The Balaban J connectivity index is 1.72. The minimum absolute atomic E-state index is 0.0564. The van der Waals surface area contributed by atoms with Gasteiger partial charge in [0.25, 0.3) is 5.91 Å². The summed E-state index contributed by atoms with van der Waals surface area (Å²) in [4.78, 5) is 28.2. The molecule has 1 aliphatic heterocycles. The third-order valence-corrected chi connectivity index (χ3v) is 5.91. The van der Waals surface area contributed by atoms with Gasteiger partial charge in [-0.2, -0.15) is 0 Å². The monoisotopic (exact) mass is 481 g/mol. The highest BCUT2D eigenvalue weighted by molar-refractivity contribution is 9.10. The first-order valence-corrected chi connectivity index (χ1v) is 10.3. The molecule has 0 aliphatic carbocycles. The Bertz CT molecular complexity index is 1380. The highest BCUT2D eigenvalue weighted by atomic mass is 79.9. The molecule has 31 heavy (non-hydrogen) atoms. The maximum absolute atomic E-state index is 13.8. The number of amides is 1. The molecule has 0 radical (unpaired) electrons. The van der Waals surface area contributed by atoms with Crippen LogP contribution in [0.1, 0.15) is 33.3 Å². The lowest BCUT2D eigenvalue weighted by atomic mass is 9.98. The average Bonchev–Trinajstić information content (AvgIpc) is 3.03. The Morgan fingerprint density at radius 2 is 1.58 bits per heavy atom. The molecule has 2 heterocycles. The minimum atomic E-state index is -0.718. The van der Waals surface area contributed by atoms with Gasteiger partial charge in [-0.15, -0.1) is 0 Å². The summed E-state index contributed by atoms with van der Waals surface area (Å²) in [6, 6.07) is 16.0. The lowest BCUT2D eigenvalue weighted by molar-refractivity contribution is 0.0714. The van der Waals surface area contributed by atoms with Crippen LogP contribution in [0.15, 0.2) is 80.4 Å². The van der Waals surface area contributed by atoms with Crippen LogP contribution in [0.4, 0.5) is 8.78 Å². The Kier molecular flexibility index (Phi) is 4.70. The van der Waals surface area contributed by atoms with Crippen molar-refractivity contribution in [3.63, 3.8) is 0 Å². The van der Waals surface area contributed by atoms with Gasteiger partial charge >= 0.3 is 0 Å². The molecule has 1 amide bonds. The molecular weight excluding hydrogens is 468 g/mol. The lowest BCUT2D eigenvalue weighted by Gasteiger charge is -2.25. The van der Waals surface area contributed by atoms with Gasteiger partial charge in [0.15, 0.2) is 5.43 Å². The number of hydrogen-bond acceptors (Lipinski definition) is 3. The maximum Gasteiger partial charge on any atom is 0.291 e. The van der Waals surface area contributed by atoms with Crippen LogP contribution in [0.5, 0.6) is 0 Å². The van der Waals surface area contributed by atoms with Gasteiger partial charge in [-0.25, -0.2) is 8.78 Å². The van der Waals surface area contributed by atoms with Crippen LogP contribution in [0.3, 0.4) is 0 Å². The van der Waals surface area contributed by atoms with E-state index in [0.717, 1.165) is 10.5 Å². The van der Waals surface area contributed by atoms with E-state index in [2.05, 4.69) is 15.9 Å². The van der Waals surface area contributed by atoms with Gasteiger partial charge in [0.2, 0.25) is 5.76 Å². The Morgan fingerprint density at radius 3 is 2.29 bits per heavy atom. The molecule has 4 aromatic rings. The van der Waals surface area contributed by atoms with Crippen molar-refractivity contribution in [1.82, 2.24) is 4.90 Å². The quantitative estimate of drug-likeness (QED) is 0.383. The van der Waals surface area contributed by atoms with E-state index in [-0.39, 0.29) is 34.7 Å². The fourth-order valence-corrected chi connectivity index (χ4v) is 4.20. The fourth-order valence-electron chi connectivity index (χ4n) is 3.93. The predicted molar refractivity (Wildman–Crippen MR) is 115 cm³/mol. The Labute approximate surface area is 183 Å². The first kappa shape index (κ1) is 19.6. The number of benzene rings is 3. The Hall–Kier alpha value is -3.32. The molecule has 0 spiro atoms. The highest BCUT2D eigenvalue weighted by Gasteiger charge is 2.42. The fraction of sp³-hybridized carbons (Fsp3) is 0.0833. The molecule has 1 unspecified atom stereocenters. The second-order valence-electron chi connectivity index (χ2n) is 7.33. The zero-order valence-electron chi connectivity index (χ0n) is 15.9. The van der Waals surface area contributed by atoms with E-state index in [1.165, 1.54) is 29.2 Å². The molecular formula is C24H14BrF2NO3. The number of carbonyl (C=O) groups excluding carboxylic acids is 1. The van der Waals surface area contributed by atoms with Gasteiger partial charge in [-0.05, 0) is 53.6 Å². The molecule has 1 aliphatic rings. The summed E-state index contributed by atoms with van der Waals surface area (Å²) < 4.78 is 33.8. The summed E-state index contributed by atoms with van der Waals surface area (Å²) in [5, 5.41) is 0.0808. The van der Waals surface area contributed by atoms with Gasteiger partial charge in [-0.3, -0.25) is 9.59 Å². The van der Waals surface area contributed by atoms with E-state index in [9.17, 15) is 18.4 Å². The van der Waals surface area contributed by atoms with E-state index in [1.54, 1.807) is 12.1 Å². The van der Waals surface area contributed by atoms with E-state index >= 15 is 0 Å². The number of hydrogen-bond donors (Lipinski definition) is 0. The predicted octanol–water partition coefficient (Wildman–Crippen LogP) is 5.58.